The summed E-state index contributed by atoms with van der Waals surface area (Å²) >= 11 is 46.9. The fourth-order valence-electron chi connectivity index (χ4n) is 0.781. The number of halogens is 8. The van der Waals surface area contributed by atoms with Crippen molar-refractivity contribution in [3.8, 4) is 0 Å². The summed E-state index contributed by atoms with van der Waals surface area (Å²) in [4.78, 5) is 0. The minimum atomic E-state index is -2.18. The third-order valence-corrected chi connectivity index (χ3v) is 7.45. The summed E-state index contributed by atoms with van der Waals surface area (Å²) in [6, 6.07) is 0. The first kappa shape index (κ1) is 18.3. The molecule has 0 aromatic rings. The summed E-state index contributed by atoms with van der Waals surface area (Å²) in [6.45, 7) is 0.838. The smallest absolute Gasteiger partial charge is 0.188 e. The topological polar surface area (TPSA) is 20.2 Å². The SMILES string of the molecule is CCC(Cl)(Cl)C(Cl)(Cl)C(Cl)(Cl)C(Cl)(Cl)CO. The zero-order chi connectivity index (χ0) is 13.4. The van der Waals surface area contributed by atoms with Crippen LogP contribution in [0.5, 0.6) is 0 Å². The second-order valence-corrected chi connectivity index (χ2v) is 8.69. The molecule has 0 radical (unpaired) electrons. The van der Waals surface area contributed by atoms with Gasteiger partial charge in [-0.3, -0.25) is 0 Å². The molecule has 0 aliphatic heterocycles. The monoisotopic (exact) mass is 388 g/mol. The lowest BCUT2D eigenvalue weighted by atomic mass is 10.1. The van der Waals surface area contributed by atoms with Crippen molar-refractivity contribution in [2.24, 2.45) is 0 Å². The molecule has 0 saturated carbocycles. The summed E-state index contributed by atoms with van der Waals surface area (Å²) in [5, 5.41) is 9.00. The minimum absolute atomic E-state index is 0.138. The van der Waals surface area contributed by atoms with Crippen molar-refractivity contribution < 1.29 is 5.11 Å². The summed E-state index contributed by atoms with van der Waals surface area (Å²) < 4.78 is -7.98. The van der Waals surface area contributed by atoms with Crippen molar-refractivity contribution >= 4 is 92.8 Å². The van der Waals surface area contributed by atoms with Crippen LogP contribution in [-0.4, -0.2) is 29.0 Å². The lowest BCUT2D eigenvalue weighted by molar-refractivity contribution is 0.263. The van der Waals surface area contributed by atoms with E-state index in [2.05, 4.69) is 0 Å². The predicted molar refractivity (Wildman–Crippen MR) is 75.1 cm³/mol. The van der Waals surface area contributed by atoms with Crippen LogP contribution in [0.1, 0.15) is 13.3 Å². The van der Waals surface area contributed by atoms with E-state index in [1.54, 1.807) is 6.92 Å². The van der Waals surface area contributed by atoms with Crippen LogP contribution in [0.2, 0.25) is 0 Å². The van der Waals surface area contributed by atoms with Gasteiger partial charge < -0.3 is 5.11 Å². The van der Waals surface area contributed by atoms with E-state index in [4.69, 9.17) is 97.9 Å². The Labute approximate surface area is 134 Å². The van der Waals surface area contributed by atoms with Gasteiger partial charge in [0.2, 0.25) is 0 Å². The lowest BCUT2D eigenvalue weighted by Gasteiger charge is -2.45. The maximum absolute atomic E-state index is 9.00. The molecule has 0 aromatic carbocycles. The molecular weight excluding hydrogens is 384 g/mol. The first-order chi connectivity index (χ1) is 6.87. The molecule has 0 fully saturated rings. The molecule has 0 bridgehead atoms. The Morgan fingerprint density at radius 2 is 1.06 bits per heavy atom. The Morgan fingerprint density at radius 3 is 1.31 bits per heavy atom. The van der Waals surface area contributed by atoms with E-state index in [1.807, 2.05) is 0 Å². The molecule has 0 heterocycles. The molecule has 0 spiro atoms. The first-order valence-electron chi connectivity index (χ1n) is 3.99. The Balaban J connectivity index is 5.46. The van der Waals surface area contributed by atoms with Crippen molar-refractivity contribution in [3.63, 3.8) is 0 Å². The molecule has 0 aliphatic carbocycles. The van der Waals surface area contributed by atoms with Crippen LogP contribution < -0.4 is 0 Å². The van der Waals surface area contributed by atoms with Crippen molar-refractivity contribution in [1.29, 1.82) is 0 Å². The fourth-order valence-corrected chi connectivity index (χ4v) is 2.77. The largest absolute Gasteiger partial charge is 0.393 e. The third-order valence-electron chi connectivity index (χ3n) is 1.96. The van der Waals surface area contributed by atoms with Gasteiger partial charge in [0.15, 0.2) is 17.3 Å². The van der Waals surface area contributed by atoms with E-state index in [1.165, 1.54) is 0 Å². The average Bonchev–Trinajstić information content (AvgIpc) is 2.16. The predicted octanol–water partition coefficient (Wildman–Crippen LogP) is 5.08. The van der Waals surface area contributed by atoms with Gasteiger partial charge in [-0.05, 0) is 6.42 Å². The van der Waals surface area contributed by atoms with Gasteiger partial charge in [0.05, 0.1) is 6.61 Å². The van der Waals surface area contributed by atoms with Crippen molar-refractivity contribution in [3.05, 3.63) is 0 Å². The fraction of sp³-hybridized carbons (Fsp3) is 1.00. The van der Waals surface area contributed by atoms with E-state index in [-0.39, 0.29) is 6.42 Å². The molecule has 0 saturated heterocycles. The minimum Gasteiger partial charge on any atom is -0.393 e. The molecule has 1 N–H and O–H groups in total. The first-order valence-corrected chi connectivity index (χ1v) is 7.02. The highest BCUT2D eigenvalue weighted by atomic mass is 35.6. The Kier molecular flexibility index (Phi) is 6.54. The summed E-state index contributed by atoms with van der Waals surface area (Å²) in [5.74, 6) is 0. The third kappa shape index (κ3) is 3.05. The van der Waals surface area contributed by atoms with Crippen LogP contribution in [0.15, 0.2) is 0 Å². The number of aliphatic hydroxyl groups excluding tert-OH is 1. The lowest BCUT2D eigenvalue weighted by Crippen LogP contribution is -2.58. The molecule has 98 valence electrons. The van der Waals surface area contributed by atoms with E-state index < -0.39 is 23.9 Å². The second-order valence-electron chi connectivity index (χ2n) is 3.07. The maximum atomic E-state index is 9.00. The molecule has 9 heteroatoms. The standard InChI is InChI=1S/C7H8Cl8O/c1-2-4(8,9)6(12,13)7(14,15)5(10,11)3-16/h16H,2-3H2,1H3. The van der Waals surface area contributed by atoms with Gasteiger partial charge in [0, 0.05) is 0 Å². The summed E-state index contributed by atoms with van der Waals surface area (Å²) in [6.07, 6.45) is 0.138. The van der Waals surface area contributed by atoms with Gasteiger partial charge in [-0.25, -0.2) is 0 Å². The second kappa shape index (κ2) is 5.73. The molecule has 0 amide bonds. The zero-order valence-corrected chi connectivity index (χ0v) is 13.9. The molecule has 0 unspecified atom stereocenters. The number of rotatable bonds is 5. The quantitative estimate of drug-likeness (QED) is 0.648. The number of aliphatic hydroxyl groups is 1. The van der Waals surface area contributed by atoms with Crippen LogP contribution in [0, 0.1) is 0 Å². The van der Waals surface area contributed by atoms with Crippen LogP contribution in [0.25, 0.3) is 0 Å². The molecule has 1 nitrogen and oxygen atoms in total. The summed E-state index contributed by atoms with van der Waals surface area (Å²) in [7, 11) is 0. The zero-order valence-electron chi connectivity index (χ0n) is 7.89. The maximum Gasteiger partial charge on any atom is 0.188 e. The van der Waals surface area contributed by atoms with Crippen LogP contribution >= 0.6 is 92.8 Å². The average molecular weight is 392 g/mol. The summed E-state index contributed by atoms with van der Waals surface area (Å²) in [5.41, 5.74) is 0. The van der Waals surface area contributed by atoms with Crippen molar-refractivity contribution in [2.75, 3.05) is 6.61 Å². The highest BCUT2D eigenvalue weighted by Gasteiger charge is 2.67. The highest BCUT2D eigenvalue weighted by Crippen LogP contribution is 2.61. The Hall–Kier alpha value is 2.28. The van der Waals surface area contributed by atoms with Gasteiger partial charge in [-0.1, -0.05) is 99.7 Å². The van der Waals surface area contributed by atoms with Crippen LogP contribution in [-0.2, 0) is 0 Å². The Morgan fingerprint density at radius 1 is 0.750 bits per heavy atom. The van der Waals surface area contributed by atoms with Crippen LogP contribution in [0.3, 0.4) is 0 Å². The Bertz CT molecular complexity index is 223. The van der Waals surface area contributed by atoms with Crippen molar-refractivity contribution in [1.82, 2.24) is 0 Å². The molecule has 0 atom stereocenters. The van der Waals surface area contributed by atoms with Crippen molar-refractivity contribution in [2.45, 2.75) is 30.7 Å². The molecule has 0 rings (SSSR count). The van der Waals surface area contributed by atoms with E-state index >= 15 is 0 Å². The van der Waals surface area contributed by atoms with E-state index in [0.29, 0.717) is 0 Å². The van der Waals surface area contributed by atoms with E-state index in [9.17, 15) is 0 Å². The molecule has 0 aromatic heterocycles. The van der Waals surface area contributed by atoms with Gasteiger partial charge in [-0.2, -0.15) is 0 Å². The molecular formula is C7H8Cl8O. The number of hydrogen-bond acceptors (Lipinski definition) is 1. The molecule has 0 aliphatic rings. The highest BCUT2D eigenvalue weighted by molar-refractivity contribution is 6.73. The number of hydrogen-bond donors (Lipinski definition) is 1. The van der Waals surface area contributed by atoms with E-state index in [0.717, 1.165) is 0 Å². The van der Waals surface area contributed by atoms with Gasteiger partial charge >= 0.3 is 0 Å². The van der Waals surface area contributed by atoms with Crippen LogP contribution in [0.4, 0.5) is 0 Å². The van der Waals surface area contributed by atoms with Gasteiger partial charge in [0.25, 0.3) is 0 Å². The van der Waals surface area contributed by atoms with Gasteiger partial charge in [-0.15, -0.1) is 0 Å². The number of alkyl halides is 8. The normalized spacial score (nSPS) is 15.4. The molecule has 16 heavy (non-hydrogen) atoms. The van der Waals surface area contributed by atoms with Gasteiger partial charge in [0.1, 0.15) is 0 Å².